The molecule has 1 aromatic carbocycles. The third-order valence-electron chi connectivity index (χ3n) is 3.86. The smallest absolute Gasteiger partial charge is 0.226 e. The Morgan fingerprint density at radius 3 is 2.61 bits per heavy atom. The topological polar surface area (TPSA) is 46.9 Å². The largest absolute Gasteiger partial charge is 0.346 e. The maximum Gasteiger partial charge on any atom is 0.226 e. The Balaban J connectivity index is 1.82. The summed E-state index contributed by atoms with van der Waals surface area (Å²) in [6.45, 7) is 2.07. The Morgan fingerprint density at radius 2 is 1.91 bits per heavy atom. The van der Waals surface area contributed by atoms with Crippen LogP contribution in [0.25, 0.3) is 0 Å². The maximum absolute atomic E-state index is 12.5. The van der Waals surface area contributed by atoms with E-state index in [9.17, 15) is 4.79 Å². The molecule has 2 aromatic heterocycles. The average molecular weight is 305 g/mol. The van der Waals surface area contributed by atoms with Crippen molar-refractivity contribution >= 4 is 11.6 Å². The van der Waals surface area contributed by atoms with Crippen LogP contribution < -0.4 is 5.32 Å². The Morgan fingerprint density at radius 1 is 1.13 bits per heavy atom. The number of nitrogens with zero attached hydrogens (tertiary/aromatic N) is 2. The van der Waals surface area contributed by atoms with E-state index in [1.165, 1.54) is 5.56 Å². The van der Waals surface area contributed by atoms with Crippen molar-refractivity contribution in [2.45, 2.75) is 19.4 Å². The molecule has 3 rings (SSSR count). The van der Waals surface area contributed by atoms with Crippen LogP contribution in [0.15, 0.2) is 73.3 Å². The first kappa shape index (κ1) is 15.0. The van der Waals surface area contributed by atoms with E-state index < -0.39 is 0 Å². The SMILES string of the molecule is Cc1ccccc1[C@H](CC(=O)Nc1cccnc1)n1cccc1. The number of hydrogen-bond acceptors (Lipinski definition) is 2. The molecular weight excluding hydrogens is 286 g/mol. The van der Waals surface area contributed by atoms with Crippen molar-refractivity contribution < 1.29 is 4.79 Å². The van der Waals surface area contributed by atoms with Gasteiger partial charge in [0.25, 0.3) is 0 Å². The summed E-state index contributed by atoms with van der Waals surface area (Å²) in [6, 6.07) is 15.8. The number of aromatic nitrogens is 2. The molecule has 0 spiro atoms. The quantitative estimate of drug-likeness (QED) is 0.779. The van der Waals surface area contributed by atoms with Crippen LogP contribution in [0.4, 0.5) is 5.69 Å². The first-order valence-electron chi connectivity index (χ1n) is 7.62. The second-order valence-corrected chi connectivity index (χ2v) is 5.50. The van der Waals surface area contributed by atoms with E-state index in [0.717, 1.165) is 5.56 Å². The predicted molar refractivity (Wildman–Crippen MR) is 91.2 cm³/mol. The normalized spacial score (nSPS) is 11.9. The molecular formula is C19H19N3O. The number of anilines is 1. The van der Waals surface area contributed by atoms with Crippen molar-refractivity contribution in [3.8, 4) is 0 Å². The predicted octanol–water partition coefficient (Wildman–Crippen LogP) is 3.81. The zero-order chi connectivity index (χ0) is 16.1. The van der Waals surface area contributed by atoms with E-state index in [-0.39, 0.29) is 11.9 Å². The summed E-state index contributed by atoms with van der Waals surface area (Å²) < 4.78 is 2.07. The summed E-state index contributed by atoms with van der Waals surface area (Å²) in [6.07, 6.45) is 7.69. The van der Waals surface area contributed by atoms with Gasteiger partial charge in [-0.15, -0.1) is 0 Å². The van der Waals surface area contributed by atoms with E-state index in [0.29, 0.717) is 12.1 Å². The minimum atomic E-state index is -0.0278. The number of pyridine rings is 1. The molecule has 0 radical (unpaired) electrons. The van der Waals surface area contributed by atoms with Gasteiger partial charge in [0, 0.05) is 18.6 Å². The lowest BCUT2D eigenvalue weighted by Gasteiger charge is -2.21. The molecule has 0 unspecified atom stereocenters. The number of aryl methyl sites for hydroxylation is 1. The summed E-state index contributed by atoms with van der Waals surface area (Å²) in [5.41, 5.74) is 3.05. The molecule has 1 N–H and O–H groups in total. The zero-order valence-corrected chi connectivity index (χ0v) is 13.0. The van der Waals surface area contributed by atoms with Gasteiger partial charge in [-0.2, -0.15) is 0 Å². The van der Waals surface area contributed by atoms with Gasteiger partial charge in [0.15, 0.2) is 0 Å². The molecule has 0 saturated heterocycles. The van der Waals surface area contributed by atoms with Crippen LogP contribution in [0, 0.1) is 6.92 Å². The summed E-state index contributed by atoms with van der Waals surface area (Å²) >= 11 is 0. The molecule has 3 aromatic rings. The fourth-order valence-corrected chi connectivity index (χ4v) is 2.72. The lowest BCUT2D eigenvalue weighted by atomic mass is 9.98. The number of hydrogen-bond donors (Lipinski definition) is 1. The van der Waals surface area contributed by atoms with Gasteiger partial charge in [-0.25, -0.2) is 0 Å². The van der Waals surface area contributed by atoms with Crippen LogP contribution >= 0.6 is 0 Å². The molecule has 4 nitrogen and oxygen atoms in total. The molecule has 0 aliphatic rings. The molecule has 0 saturated carbocycles. The summed E-state index contributed by atoms with van der Waals surface area (Å²) in [5.74, 6) is -0.0278. The fraction of sp³-hybridized carbons (Fsp3) is 0.158. The van der Waals surface area contributed by atoms with E-state index in [2.05, 4.69) is 33.9 Å². The number of amides is 1. The second-order valence-electron chi connectivity index (χ2n) is 5.50. The van der Waals surface area contributed by atoms with Crippen molar-refractivity contribution in [1.82, 2.24) is 9.55 Å². The lowest BCUT2D eigenvalue weighted by Crippen LogP contribution is -2.20. The third-order valence-corrected chi connectivity index (χ3v) is 3.86. The van der Waals surface area contributed by atoms with Crippen LogP contribution in [-0.4, -0.2) is 15.5 Å². The van der Waals surface area contributed by atoms with E-state index in [1.54, 1.807) is 18.5 Å². The van der Waals surface area contributed by atoms with Gasteiger partial charge in [-0.05, 0) is 42.3 Å². The number of carbonyl (C=O) groups excluding carboxylic acids is 1. The highest BCUT2D eigenvalue weighted by molar-refractivity contribution is 5.91. The lowest BCUT2D eigenvalue weighted by molar-refractivity contribution is -0.116. The molecule has 0 bridgehead atoms. The second kappa shape index (κ2) is 6.92. The Hall–Kier alpha value is -2.88. The molecule has 4 heteroatoms. The van der Waals surface area contributed by atoms with Gasteiger partial charge in [0.2, 0.25) is 5.91 Å². The van der Waals surface area contributed by atoms with Crippen LogP contribution in [0.3, 0.4) is 0 Å². The molecule has 1 atom stereocenters. The van der Waals surface area contributed by atoms with E-state index in [1.807, 2.05) is 42.7 Å². The maximum atomic E-state index is 12.5. The number of benzene rings is 1. The van der Waals surface area contributed by atoms with Crippen LogP contribution in [-0.2, 0) is 4.79 Å². The van der Waals surface area contributed by atoms with Crippen LogP contribution in [0.2, 0.25) is 0 Å². The minimum absolute atomic E-state index is 0.0251. The Bertz CT molecular complexity index is 766. The first-order valence-corrected chi connectivity index (χ1v) is 7.62. The highest BCUT2D eigenvalue weighted by atomic mass is 16.1. The fourth-order valence-electron chi connectivity index (χ4n) is 2.72. The summed E-state index contributed by atoms with van der Waals surface area (Å²) in [7, 11) is 0. The van der Waals surface area contributed by atoms with Crippen molar-refractivity contribution in [2.24, 2.45) is 0 Å². The molecule has 116 valence electrons. The monoisotopic (exact) mass is 305 g/mol. The van der Waals surface area contributed by atoms with Gasteiger partial charge in [0.1, 0.15) is 0 Å². The number of carbonyl (C=O) groups is 1. The molecule has 1 amide bonds. The Labute approximate surface area is 135 Å². The minimum Gasteiger partial charge on any atom is -0.346 e. The first-order chi connectivity index (χ1) is 11.2. The number of rotatable bonds is 5. The van der Waals surface area contributed by atoms with Gasteiger partial charge >= 0.3 is 0 Å². The molecule has 23 heavy (non-hydrogen) atoms. The molecule has 0 aliphatic heterocycles. The van der Waals surface area contributed by atoms with Gasteiger partial charge in [0.05, 0.1) is 24.3 Å². The van der Waals surface area contributed by atoms with Crippen LogP contribution in [0.5, 0.6) is 0 Å². The van der Waals surface area contributed by atoms with Crippen molar-refractivity contribution in [3.05, 3.63) is 84.4 Å². The average Bonchev–Trinajstić information content (AvgIpc) is 3.09. The van der Waals surface area contributed by atoms with Crippen molar-refractivity contribution in [2.75, 3.05) is 5.32 Å². The van der Waals surface area contributed by atoms with Gasteiger partial charge in [-0.1, -0.05) is 24.3 Å². The van der Waals surface area contributed by atoms with Gasteiger partial charge < -0.3 is 9.88 Å². The number of nitrogens with one attached hydrogen (secondary N) is 1. The van der Waals surface area contributed by atoms with Crippen molar-refractivity contribution in [1.29, 1.82) is 0 Å². The summed E-state index contributed by atoms with van der Waals surface area (Å²) in [4.78, 5) is 16.5. The molecule has 2 heterocycles. The van der Waals surface area contributed by atoms with Gasteiger partial charge in [-0.3, -0.25) is 9.78 Å². The highest BCUT2D eigenvalue weighted by Crippen LogP contribution is 2.25. The van der Waals surface area contributed by atoms with Crippen LogP contribution in [0.1, 0.15) is 23.6 Å². The van der Waals surface area contributed by atoms with E-state index in [4.69, 9.17) is 0 Å². The Kier molecular flexibility index (Phi) is 4.52. The third kappa shape index (κ3) is 3.66. The molecule has 0 fully saturated rings. The summed E-state index contributed by atoms with van der Waals surface area (Å²) in [5, 5.41) is 2.91. The highest BCUT2D eigenvalue weighted by Gasteiger charge is 2.19. The van der Waals surface area contributed by atoms with E-state index >= 15 is 0 Å². The van der Waals surface area contributed by atoms with Crippen molar-refractivity contribution in [3.63, 3.8) is 0 Å². The zero-order valence-electron chi connectivity index (χ0n) is 13.0. The molecule has 0 aliphatic carbocycles. The standard InChI is InChI=1S/C19H19N3O/c1-15-7-2-3-9-17(15)18(22-11-4-5-12-22)13-19(23)21-16-8-6-10-20-14-16/h2-12,14,18H,13H2,1H3,(H,21,23)/t18-/m0/s1.